The summed E-state index contributed by atoms with van der Waals surface area (Å²) in [7, 11) is 0. The molecule has 1 aliphatic rings. The summed E-state index contributed by atoms with van der Waals surface area (Å²) in [6.45, 7) is 0.793. The molecular weight excluding hydrogens is 362 g/mol. The lowest BCUT2D eigenvalue weighted by atomic mass is 10.3. The maximum Gasteiger partial charge on any atom is 0.363 e. The van der Waals surface area contributed by atoms with Crippen molar-refractivity contribution in [1.82, 2.24) is 3.22 Å². The molecule has 6 heteroatoms. The van der Waals surface area contributed by atoms with Crippen molar-refractivity contribution >= 4 is 57.6 Å². The zero-order valence-corrected chi connectivity index (χ0v) is 9.20. The summed E-state index contributed by atoms with van der Waals surface area (Å²) in [6.07, 6.45) is 0.685. The number of hydrogen-bond donors (Lipinski definition) is 0. The van der Waals surface area contributed by atoms with Gasteiger partial charge in [0.2, 0.25) is 0 Å². The Kier molecular flexibility index (Phi) is 3.14. The summed E-state index contributed by atoms with van der Waals surface area (Å²) in [6, 6.07) is 0. The standard InChI is InChI=1S/C4H4I2N2O2/c5-8-2-1-3(7-8)4(9)10-6/h1-2H2. The van der Waals surface area contributed by atoms with E-state index in [0.717, 1.165) is 6.54 Å². The minimum Gasteiger partial charge on any atom is -0.390 e. The third-order valence-electron chi connectivity index (χ3n) is 1.07. The Morgan fingerprint density at radius 2 is 2.50 bits per heavy atom. The van der Waals surface area contributed by atoms with Crippen LogP contribution in [0.25, 0.3) is 0 Å². The van der Waals surface area contributed by atoms with Crippen LogP contribution in [-0.2, 0) is 7.86 Å². The van der Waals surface area contributed by atoms with E-state index in [-0.39, 0.29) is 5.97 Å². The number of rotatable bonds is 1. The molecule has 0 atom stereocenters. The molecular formula is C4H4I2N2O2. The molecule has 0 aliphatic carbocycles. The van der Waals surface area contributed by atoms with Crippen LogP contribution in [0.2, 0.25) is 0 Å². The van der Waals surface area contributed by atoms with Crippen LogP contribution in [0.3, 0.4) is 0 Å². The summed E-state index contributed by atoms with van der Waals surface area (Å²) < 4.78 is 6.15. The molecule has 1 aliphatic heterocycles. The number of hydrogen-bond acceptors (Lipinski definition) is 4. The lowest BCUT2D eigenvalue weighted by Crippen LogP contribution is -2.10. The lowest BCUT2D eigenvalue weighted by molar-refractivity contribution is -0.124. The smallest absolute Gasteiger partial charge is 0.363 e. The van der Waals surface area contributed by atoms with Gasteiger partial charge in [-0.05, 0) is 0 Å². The van der Waals surface area contributed by atoms with Gasteiger partial charge in [-0.2, -0.15) is 5.10 Å². The van der Waals surface area contributed by atoms with Crippen molar-refractivity contribution < 1.29 is 7.86 Å². The van der Waals surface area contributed by atoms with Crippen LogP contribution >= 0.6 is 45.9 Å². The molecule has 0 fully saturated rings. The minimum absolute atomic E-state index is 0.334. The quantitative estimate of drug-likeness (QED) is 0.519. The molecule has 1 heterocycles. The topological polar surface area (TPSA) is 41.9 Å². The fraction of sp³-hybridized carbons (Fsp3) is 0.500. The average Bonchev–Trinajstić information content (AvgIpc) is 2.34. The van der Waals surface area contributed by atoms with Gasteiger partial charge in [0.05, 0.1) is 29.4 Å². The third-order valence-corrected chi connectivity index (χ3v) is 2.17. The largest absolute Gasteiger partial charge is 0.390 e. The van der Waals surface area contributed by atoms with Crippen molar-refractivity contribution in [2.24, 2.45) is 5.10 Å². The second-order valence-corrected chi connectivity index (χ2v) is 3.28. The van der Waals surface area contributed by atoms with E-state index in [1.807, 2.05) is 22.9 Å². The number of carbonyl (C=O) groups excluding carboxylic acids is 1. The van der Waals surface area contributed by atoms with Crippen LogP contribution in [-0.4, -0.2) is 21.4 Å². The van der Waals surface area contributed by atoms with Gasteiger partial charge in [0.25, 0.3) is 0 Å². The summed E-state index contributed by atoms with van der Waals surface area (Å²) in [4.78, 5) is 10.8. The summed E-state index contributed by atoms with van der Waals surface area (Å²) in [5, 5.41) is 3.92. The van der Waals surface area contributed by atoms with Crippen molar-refractivity contribution in [1.29, 1.82) is 0 Å². The Labute approximate surface area is 86.2 Å². The Morgan fingerprint density at radius 3 is 2.90 bits per heavy atom. The molecule has 0 spiro atoms. The fourth-order valence-electron chi connectivity index (χ4n) is 0.617. The average molecular weight is 366 g/mol. The molecule has 0 aromatic heterocycles. The highest BCUT2D eigenvalue weighted by Crippen LogP contribution is 2.12. The molecule has 56 valence electrons. The number of halogens is 2. The molecule has 4 nitrogen and oxygen atoms in total. The molecule has 0 amide bonds. The van der Waals surface area contributed by atoms with Crippen LogP contribution in [0, 0.1) is 0 Å². The zero-order chi connectivity index (χ0) is 7.56. The predicted molar refractivity (Wildman–Crippen MR) is 52.9 cm³/mol. The number of carbonyl (C=O) groups is 1. The first kappa shape index (κ1) is 8.50. The molecule has 10 heavy (non-hydrogen) atoms. The van der Waals surface area contributed by atoms with Crippen LogP contribution in [0.5, 0.6) is 0 Å². The number of nitrogens with zero attached hydrogens (tertiary/aromatic N) is 2. The Hall–Kier alpha value is 0.400. The summed E-state index contributed by atoms with van der Waals surface area (Å²) in [5.74, 6) is -0.334. The lowest BCUT2D eigenvalue weighted by Gasteiger charge is -1.96. The van der Waals surface area contributed by atoms with Crippen molar-refractivity contribution in [3.05, 3.63) is 0 Å². The molecule has 0 unspecified atom stereocenters. The van der Waals surface area contributed by atoms with Gasteiger partial charge in [-0.1, -0.05) is 0 Å². The van der Waals surface area contributed by atoms with Gasteiger partial charge >= 0.3 is 5.97 Å². The predicted octanol–water partition coefficient (Wildman–Crippen LogP) is 1.29. The van der Waals surface area contributed by atoms with Crippen LogP contribution in [0.4, 0.5) is 0 Å². The third kappa shape index (κ3) is 1.94. The second kappa shape index (κ2) is 3.69. The second-order valence-electron chi connectivity index (χ2n) is 1.72. The van der Waals surface area contributed by atoms with Crippen molar-refractivity contribution in [3.8, 4) is 0 Å². The molecule has 0 bridgehead atoms. The van der Waals surface area contributed by atoms with Crippen LogP contribution < -0.4 is 0 Å². The first-order chi connectivity index (χ1) is 4.74. The van der Waals surface area contributed by atoms with Crippen LogP contribution in [0.15, 0.2) is 5.10 Å². The highest BCUT2D eigenvalue weighted by molar-refractivity contribution is 14.1. The van der Waals surface area contributed by atoms with Crippen molar-refractivity contribution in [3.63, 3.8) is 0 Å². The maximum absolute atomic E-state index is 10.8. The Balaban J connectivity index is 2.57. The van der Waals surface area contributed by atoms with Crippen molar-refractivity contribution in [2.75, 3.05) is 6.54 Å². The normalized spacial score (nSPS) is 17.0. The molecule has 0 N–H and O–H groups in total. The van der Waals surface area contributed by atoms with Gasteiger partial charge in [-0.3, -0.25) is 0 Å². The molecule has 0 saturated carbocycles. The van der Waals surface area contributed by atoms with E-state index in [2.05, 4.69) is 8.17 Å². The fourth-order valence-corrected chi connectivity index (χ4v) is 1.37. The molecule has 1 rings (SSSR count). The van der Waals surface area contributed by atoms with Crippen LogP contribution in [0.1, 0.15) is 6.42 Å². The monoisotopic (exact) mass is 366 g/mol. The van der Waals surface area contributed by atoms with Gasteiger partial charge < -0.3 is 3.07 Å². The zero-order valence-electron chi connectivity index (χ0n) is 4.88. The van der Waals surface area contributed by atoms with E-state index in [4.69, 9.17) is 0 Å². The van der Waals surface area contributed by atoms with E-state index < -0.39 is 0 Å². The maximum atomic E-state index is 10.8. The van der Waals surface area contributed by atoms with E-state index in [9.17, 15) is 4.79 Å². The van der Waals surface area contributed by atoms with E-state index >= 15 is 0 Å². The Bertz CT molecular complexity index is 182. The van der Waals surface area contributed by atoms with E-state index in [0.29, 0.717) is 12.1 Å². The first-order valence-electron chi connectivity index (χ1n) is 2.57. The van der Waals surface area contributed by atoms with Gasteiger partial charge in [-0.15, -0.1) is 0 Å². The molecule has 0 radical (unpaired) electrons. The SMILES string of the molecule is O=C(OI)C1=NN(I)CC1. The van der Waals surface area contributed by atoms with Gasteiger partial charge in [0.15, 0.2) is 23.0 Å². The molecule has 0 saturated heterocycles. The highest BCUT2D eigenvalue weighted by atomic mass is 127. The van der Waals surface area contributed by atoms with Gasteiger partial charge in [-0.25, -0.2) is 8.02 Å². The summed E-state index contributed by atoms with van der Waals surface area (Å²) in [5.41, 5.74) is 0.504. The molecule has 0 aromatic carbocycles. The van der Waals surface area contributed by atoms with Crippen molar-refractivity contribution in [2.45, 2.75) is 6.42 Å². The van der Waals surface area contributed by atoms with Gasteiger partial charge in [0, 0.05) is 6.42 Å². The number of hydrazone groups is 1. The highest BCUT2D eigenvalue weighted by Gasteiger charge is 2.19. The van der Waals surface area contributed by atoms with E-state index in [1.54, 1.807) is 26.2 Å². The first-order valence-corrected chi connectivity index (χ1v) is 4.42. The summed E-state index contributed by atoms with van der Waals surface area (Å²) >= 11 is 3.59. The van der Waals surface area contributed by atoms with E-state index in [1.165, 1.54) is 0 Å². The molecule has 0 aromatic rings. The Morgan fingerprint density at radius 1 is 1.80 bits per heavy atom. The minimum atomic E-state index is -0.334. The van der Waals surface area contributed by atoms with Gasteiger partial charge in [0.1, 0.15) is 5.71 Å².